The molecule has 1 unspecified atom stereocenters. The lowest BCUT2D eigenvalue weighted by molar-refractivity contribution is -0.129. The molecule has 1 aromatic heterocycles. The van der Waals surface area contributed by atoms with E-state index in [-0.39, 0.29) is 11.9 Å². The van der Waals surface area contributed by atoms with Crippen molar-refractivity contribution in [1.82, 2.24) is 14.5 Å². The molecule has 0 saturated carbocycles. The van der Waals surface area contributed by atoms with Crippen LogP contribution in [0.2, 0.25) is 5.02 Å². The Morgan fingerprint density at radius 3 is 2.89 bits per heavy atom. The van der Waals surface area contributed by atoms with E-state index in [2.05, 4.69) is 10.6 Å². The van der Waals surface area contributed by atoms with Crippen molar-refractivity contribution in [2.75, 3.05) is 13.2 Å². The van der Waals surface area contributed by atoms with E-state index < -0.39 is 0 Å². The lowest BCUT2D eigenvalue weighted by atomic mass is 10.2. The molecule has 1 atom stereocenters. The number of hydrogen-bond acceptors (Lipinski definition) is 3. The monoisotopic (exact) mass is 397 g/mol. The highest BCUT2D eigenvalue weighted by atomic mass is 35.5. The summed E-state index contributed by atoms with van der Waals surface area (Å²) in [6.07, 6.45) is 1.95. The maximum absolute atomic E-state index is 12.1. The number of imidazole rings is 1. The van der Waals surface area contributed by atoms with Gasteiger partial charge in [0.1, 0.15) is 18.2 Å². The minimum atomic E-state index is 0.0303. The van der Waals surface area contributed by atoms with Crippen molar-refractivity contribution in [3.05, 3.63) is 58.9 Å². The predicted molar refractivity (Wildman–Crippen MR) is 111 cm³/mol. The molecule has 0 aliphatic carbocycles. The van der Waals surface area contributed by atoms with Crippen LogP contribution in [0.3, 0.4) is 0 Å². The summed E-state index contributed by atoms with van der Waals surface area (Å²) < 4.78 is 8.17. The Hall–Kier alpha value is -2.53. The Bertz CT molecular complexity index is 1010. The van der Waals surface area contributed by atoms with E-state index >= 15 is 0 Å². The number of ether oxygens (including phenoxy) is 1. The zero-order valence-corrected chi connectivity index (χ0v) is 16.9. The summed E-state index contributed by atoms with van der Waals surface area (Å²) in [4.78, 5) is 18.9. The molecule has 0 bridgehead atoms. The number of fused-ring (bicyclic) bond motifs is 1. The molecule has 0 radical (unpaired) electrons. The van der Waals surface area contributed by atoms with Crippen molar-refractivity contribution >= 4 is 28.5 Å². The third-order valence-electron chi connectivity index (χ3n) is 5.35. The van der Waals surface area contributed by atoms with Crippen molar-refractivity contribution < 1.29 is 9.53 Å². The van der Waals surface area contributed by atoms with Gasteiger partial charge in [0.15, 0.2) is 0 Å². The fraction of sp³-hybridized carbons (Fsp3) is 0.364. The van der Waals surface area contributed by atoms with Gasteiger partial charge in [0.25, 0.3) is 0 Å². The fourth-order valence-electron chi connectivity index (χ4n) is 3.96. The van der Waals surface area contributed by atoms with Crippen molar-refractivity contribution in [1.29, 1.82) is 0 Å². The van der Waals surface area contributed by atoms with E-state index in [9.17, 15) is 4.79 Å². The van der Waals surface area contributed by atoms with E-state index in [0.29, 0.717) is 13.2 Å². The van der Waals surface area contributed by atoms with Gasteiger partial charge in [-0.25, -0.2) is 4.98 Å². The second-order valence-electron chi connectivity index (χ2n) is 7.24. The van der Waals surface area contributed by atoms with E-state index in [1.165, 1.54) is 0 Å². The third kappa shape index (κ3) is 3.59. The first-order valence-corrected chi connectivity index (χ1v) is 10.0. The van der Waals surface area contributed by atoms with Crippen molar-refractivity contribution in [2.24, 2.45) is 0 Å². The van der Waals surface area contributed by atoms with Gasteiger partial charge in [0, 0.05) is 18.5 Å². The molecule has 1 aliphatic rings. The highest BCUT2D eigenvalue weighted by Crippen LogP contribution is 2.33. The lowest BCUT2D eigenvalue weighted by Gasteiger charge is -2.24. The summed E-state index contributed by atoms with van der Waals surface area (Å²) >= 11 is 6.09. The van der Waals surface area contributed by atoms with Gasteiger partial charge in [0.05, 0.1) is 23.6 Å². The number of para-hydroxylation sites is 2. The standard InChI is InChI=1S/C22H24ClN3O2/c1-15-14-17(9-10-18(15)23)28-13-12-26-20-7-4-3-6-19(20)24-22(26)21-8-5-11-25(21)16(2)27/h3-4,6-7,9-10,14,21H,5,8,11-13H2,1-2H3. The molecule has 5 nitrogen and oxygen atoms in total. The molecule has 3 aromatic rings. The van der Waals surface area contributed by atoms with Gasteiger partial charge in [-0.1, -0.05) is 23.7 Å². The Kier molecular flexibility index (Phi) is 5.27. The van der Waals surface area contributed by atoms with Crippen LogP contribution in [0.15, 0.2) is 42.5 Å². The van der Waals surface area contributed by atoms with Crippen LogP contribution in [0.25, 0.3) is 11.0 Å². The van der Waals surface area contributed by atoms with Crippen LogP contribution in [0, 0.1) is 6.92 Å². The average Bonchev–Trinajstić information content (AvgIpc) is 3.29. The number of carbonyl (C=O) groups excluding carboxylic acids is 1. The van der Waals surface area contributed by atoms with Crippen molar-refractivity contribution in [3.8, 4) is 5.75 Å². The van der Waals surface area contributed by atoms with Crippen LogP contribution in [0.4, 0.5) is 0 Å². The molecule has 2 heterocycles. The van der Waals surface area contributed by atoms with E-state index in [4.69, 9.17) is 21.3 Å². The lowest BCUT2D eigenvalue weighted by Crippen LogP contribution is -2.30. The van der Waals surface area contributed by atoms with Gasteiger partial charge in [-0.15, -0.1) is 0 Å². The van der Waals surface area contributed by atoms with E-state index in [1.54, 1.807) is 6.92 Å². The maximum atomic E-state index is 12.1. The molecular weight excluding hydrogens is 374 g/mol. The van der Waals surface area contributed by atoms with Crippen LogP contribution in [-0.4, -0.2) is 33.5 Å². The minimum Gasteiger partial charge on any atom is -0.492 e. The first kappa shape index (κ1) is 18.8. The van der Waals surface area contributed by atoms with Gasteiger partial charge >= 0.3 is 0 Å². The first-order valence-electron chi connectivity index (χ1n) is 9.66. The highest BCUT2D eigenvalue weighted by Gasteiger charge is 2.32. The molecule has 1 amide bonds. The van der Waals surface area contributed by atoms with Crippen molar-refractivity contribution in [2.45, 2.75) is 39.3 Å². The SMILES string of the molecule is CC(=O)N1CCCC1c1nc2ccccc2n1CCOc1ccc(Cl)c(C)c1. The summed E-state index contributed by atoms with van der Waals surface area (Å²) in [5.41, 5.74) is 3.02. The molecule has 1 saturated heterocycles. The summed E-state index contributed by atoms with van der Waals surface area (Å²) in [6.45, 7) is 5.58. The fourth-order valence-corrected chi connectivity index (χ4v) is 4.07. The van der Waals surface area contributed by atoms with Gasteiger partial charge in [-0.05, 0) is 55.7 Å². The second-order valence-corrected chi connectivity index (χ2v) is 7.65. The second kappa shape index (κ2) is 7.84. The minimum absolute atomic E-state index is 0.0303. The quantitative estimate of drug-likeness (QED) is 0.623. The van der Waals surface area contributed by atoms with Crippen molar-refractivity contribution in [3.63, 3.8) is 0 Å². The number of aromatic nitrogens is 2. The number of carbonyl (C=O) groups is 1. The number of nitrogens with zero attached hydrogens (tertiary/aromatic N) is 3. The van der Waals surface area contributed by atoms with Gasteiger partial charge < -0.3 is 14.2 Å². The largest absolute Gasteiger partial charge is 0.492 e. The van der Waals surface area contributed by atoms with Crippen LogP contribution < -0.4 is 4.74 Å². The molecule has 146 valence electrons. The molecule has 6 heteroatoms. The number of hydrogen-bond donors (Lipinski definition) is 0. The van der Waals surface area contributed by atoms with Gasteiger partial charge in [-0.2, -0.15) is 0 Å². The number of aryl methyl sites for hydroxylation is 1. The van der Waals surface area contributed by atoms with E-state index in [0.717, 1.165) is 52.6 Å². The van der Waals surface area contributed by atoms with Gasteiger partial charge in [-0.3, -0.25) is 4.79 Å². The molecule has 1 fully saturated rings. The molecular formula is C22H24ClN3O2. The summed E-state index contributed by atoms with van der Waals surface area (Å²) in [6, 6.07) is 13.8. The number of likely N-dealkylation sites (tertiary alicyclic amines) is 1. The van der Waals surface area contributed by atoms with Crippen LogP contribution >= 0.6 is 11.6 Å². The molecule has 0 N–H and O–H groups in total. The van der Waals surface area contributed by atoms with E-state index in [1.807, 2.05) is 48.2 Å². The Morgan fingerprint density at radius 2 is 2.11 bits per heavy atom. The summed E-state index contributed by atoms with van der Waals surface area (Å²) in [5.74, 6) is 1.86. The van der Waals surface area contributed by atoms with Crippen LogP contribution in [0.5, 0.6) is 5.75 Å². The highest BCUT2D eigenvalue weighted by molar-refractivity contribution is 6.31. The molecule has 28 heavy (non-hydrogen) atoms. The number of benzene rings is 2. The Balaban J connectivity index is 1.60. The number of rotatable bonds is 5. The molecule has 0 spiro atoms. The summed E-state index contributed by atoms with van der Waals surface area (Å²) in [7, 11) is 0. The molecule has 1 aliphatic heterocycles. The first-order chi connectivity index (χ1) is 13.5. The zero-order chi connectivity index (χ0) is 19.7. The zero-order valence-electron chi connectivity index (χ0n) is 16.2. The third-order valence-corrected chi connectivity index (χ3v) is 5.78. The molecule has 4 rings (SSSR count). The smallest absolute Gasteiger partial charge is 0.220 e. The van der Waals surface area contributed by atoms with Crippen LogP contribution in [-0.2, 0) is 11.3 Å². The normalized spacial score (nSPS) is 16.7. The Labute approximate surface area is 169 Å². The number of amides is 1. The topological polar surface area (TPSA) is 47.4 Å². The Morgan fingerprint density at radius 1 is 1.29 bits per heavy atom. The summed E-state index contributed by atoms with van der Waals surface area (Å²) in [5, 5.41) is 0.737. The predicted octanol–water partition coefficient (Wildman–Crippen LogP) is 4.76. The van der Waals surface area contributed by atoms with Crippen LogP contribution in [0.1, 0.15) is 37.2 Å². The molecule has 2 aromatic carbocycles. The average molecular weight is 398 g/mol. The maximum Gasteiger partial charge on any atom is 0.220 e. The number of halogens is 1. The van der Waals surface area contributed by atoms with Gasteiger partial charge in [0.2, 0.25) is 5.91 Å².